The Morgan fingerprint density at radius 3 is 2.07 bits per heavy atom. The monoisotopic (exact) mass is 386 g/mol. The molecule has 0 radical (unpaired) electrons. The van der Waals surface area contributed by atoms with Crippen LogP contribution in [0.1, 0.15) is 27.6 Å². The first kappa shape index (κ1) is 20.0. The van der Waals surface area contributed by atoms with Gasteiger partial charge in [-0.25, -0.2) is 9.59 Å². The van der Waals surface area contributed by atoms with Crippen molar-refractivity contribution in [1.29, 1.82) is 0 Å². The summed E-state index contributed by atoms with van der Waals surface area (Å²) < 4.78 is 21.6. The van der Waals surface area contributed by atoms with Crippen LogP contribution in [-0.4, -0.2) is 54.9 Å². The van der Waals surface area contributed by atoms with Gasteiger partial charge >= 0.3 is 11.9 Å². The summed E-state index contributed by atoms with van der Waals surface area (Å²) in [6.45, 7) is 1.24. The first-order valence-electron chi connectivity index (χ1n) is 8.82. The summed E-state index contributed by atoms with van der Waals surface area (Å²) in [6, 6.07) is 16.9. The fourth-order valence-electron chi connectivity index (χ4n) is 3.07. The predicted octanol–water partition coefficient (Wildman–Crippen LogP) is 2.19. The van der Waals surface area contributed by atoms with Gasteiger partial charge in [-0.3, -0.25) is 0 Å². The minimum Gasteiger partial charge on any atom is -0.459 e. The third-order valence-corrected chi connectivity index (χ3v) is 4.54. The molecule has 0 spiro atoms. The maximum absolute atomic E-state index is 12.5. The Balaban J connectivity index is 1.72. The average Bonchev–Trinajstić information content (AvgIpc) is 2.96. The van der Waals surface area contributed by atoms with Gasteiger partial charge in [0, 0.05) is 7.11 Å². The summed E-state index contributed by atoms with van der Waals surface area (Å²) in [7, 11) is 1.37. The van der Waals surface area contributed by atoms with Gasteiger partial charge in [0.05, 0.1) is 11.1 Å². The smallest absolute Gasteiger partial charge is 0.338 e. The molecule has 1 saturated heterocycles. The van der Waals surface area contributed by atoms with Crippen molar-refractivity contribution in [2.24, 2.45) is 0 Å². The third kappa shape index (κ3) is 4.22. The number of benzene rings is 2. The maximum Gasteiger partial charge on any atom is 0.338 e. The van der Waals surface area contributed by atoms with Crippen molar-refractivity contribution in [3.63, 3.8) is 0 Å². The second-order valence-corrected chi connectivity index (χ2v) is 6.62. The van der Waals surface area contributed by atoms with E-state index in [1.807, 2.05) is 0 Å². The third-order valence-electron chi connectivity index (χ3n) is 4.54. The molecule has 0 aromatic heterocycles. The highest BCUT2D eigenvalue weighted by atomic mass is 16.7. The van der Waals surface area contributed by atoms with Crippen molar-refractivity contribution in [3.8, 4) is 0 Å². The lowest BCUT2D eigenvalue weighted by Crippen LogP contribution is -2.49. The average molecular weight is 386 g/mol. The van der Waals surface area contributed by atoms with E-state index in [-0.39, 0.29) is 6.61 Å². The molecule has 3 rings (SSSR count). The fourth-order valence-corrected chi connectivity index (χ4v) is 3.07. The largest absolute Gasteiger partial charge is 0.459 e. The number of rotatable bonds is 6. The standard InChI is InChI=1S/C21H22O7/c1-21(24)17(28-19(23)15-11-7-4-8-12-15)16(27-20(21)25-2)13-26-18(22)14-9-5-3-6-10-14/h3-12,16-17,20,24H,13H2,1-2H3/t16-,17+,20?,21?/m1/s1. The molecule has 1 N–H and O–H groups in total. The Kier molecular flexibility index (Phi) is 6.08. The summed E-state index contributed by atoms with van der Waals surface area (Å²) in [5.41, 5.74) is -0.907. The Morgan fingerprint density at radius 2 is 1.54 bits per heavy atom. The number of carbonyl (C=O) groups is 2. The molecule has 7 nitrogen and oxygen atoms in total. The van der Waals surface area contributed by atoms with Gasteiger partial charge in [-0.15, -0.1) is 0 Å². The highest BCUT2D eigenvalue weighted by Crippen LogP contribution is 2.34. The molecule has 4 atom stereocenters. The second kappa shape index (κ2) is 8.52. The number of hydrogen-bond donors (Lipinski definition) is 1. The van der Waals surface area contributed by atoms with Crippen molar-refractivity contribution >= 4 is 11.9 Å². The molecular formula is C21H22O7. The van der Waals surface area contributed by atoms with E-state index in [1.54, 1.807) is 60.7 Å². The molecular weight excluding hydrogens is 364 g/mol. The number of carbonyl (C=O) groups excluding carboxylic acids is 2. The van der Waals surface area contributed by atoms with Crippen LogP contribution >= 0.6 is 0 Å². The number of aliphatic hydroxyl groups is 1. The lowest BCUT2D eigenvalue weighted by atomic mass is 9.97. The van der Waals surface area contributed by atoms with Crippen molar-refractivity contribution in [2.45, 2.75) is 31.0 Å². The molecule has 0 bridgehead atoms. The molecule has 0 saturated carbocycles. The minimum absolute atomic E-state index is 0.212. The van der Waals surface area contributed by atoms with Crippen LogP contribution in [0.25, 0.3) is 0 Å². The van der Waals surface area contributed by atoms with Crippen LogP contribution in [0.3, 0.4) is 0 Å². The zero-order chi connectivity index (χ0) is 20.1. The first-order valence-corrected chi connectivity index (χ1v) is 8.82. The molecule has 7 heteroatoms. The van der Waals surface area contributed by atoms with Crippen molar-refractivity contribution in [3.05, 3.63) is 71.8 Å². The first-order chi connectivity index (χ1) is 13.4. The SMILES string of the molecule is COC1O[C@H](COC(=O)c2ccccc2)[C@H](OC(=O)c2ccccc2)C1(C)O. The van der Waals surface area contributed by atoms with Gasteiger partial charge in [-0.05, 0) is 31.2 Å². The van der Waals surface area contributed by atoms with E-state index in [2.05, 4.69) is 0 Å². The van der Waals surface area contributed by atoms with E-state index in [0.717, 1.165) is 0 Å². The molecule has 2 aromatic rings. The van der Waals surface area contributed by atoms with Gasteiger partial charge in [-0.1, -0.05) is 36.4 Å². The molecule has 0 amide bonds. The van der Waals surface area contributed by atoms with Crippen LogP contribution in [0.5, 0.6) is 0 Å². The van der Waals surface area contributed by atoms with Gasteiger partial charge in [0.1, 0.15) is 12.7 Å². The summed E-state index contributed by atoms with van der Waals surface area (Å²) >= 11 is 0. The maximum atomic E-state index is 12.5. The molecule has 1 fully saturated rings. The number of methoxy groups -OCH3 is 1. The van der Waals surface area contributed by atoms with Gasteiger partial charge < -0.3 is 24.1 Å². The van der Waals surface area contributed by atoms with Gasteiger partial charge in [-0.2, -0.15) is 0 Å². The van der Waals surface area contributed by atoms with E-state index in [1.165, 1.54) is 14.0 Å². The molecule has 28 heavy (non-hydrogen) atoms. The zero-order valence-electron chi connectivity index (χ0n) is 15.6. The van der Waals surface area contributed by atoms with Crippen LogP contribution < -0.4 is 0 Å². The lowest BCUT2D eigenvalue weighted by Gasteiger charge is -2.28. The van der Waals surface area contributed by atoms with E-state index < -0.39 is 36.0 Å². The molecule has 0 aliphatic carbocycles. The van der Waals surface area contributed by atoms with Gasteiger partial charge in [0.15, 0.2) is 18.0 Å². The van der Waals surface area contributed by atoms with Crippen LogP contribution in [0.2, 0.25) is 0 Å². The summed E-state index contributed by atoms with van der Waals surface area (Å²) in [5, 5.41) is 10.8. The van der Waals surface area contributed by atoms with E-state index in [4.69, 9.17) is 18.9 Å². The van der Waals surface area contributed by atoms with Crippen molar-refractivity contribution in [2.75, 3.05) is 13.7 Å². The van der Waals surface area contributed by atoms with E-state index >= 15 is 0 Å². The summed E-state index contributed by atoms with van der Waals surface area (Å²) in [5.74, 6) is -1.16. The molecule has 2 unspecified atom stereocenters. The summed E-state index contributed by atoms with van der Waals surface area (Å²) in [4.78, 5) is 24.6. The van der Waals surface area contributed by atoms with Crippen LogP contribution in [0.4, 0.5) is 0 Å². The Hall–Kier alpha value is -2.74. The van der Waals surface area contributed by atoms with E-state index in [0.29, 0.717) is 11.1 Å². The molecule has 1 aliphatic rings. The zero-order valence-corrected chi connectivity index (χ0v) is 15.6. The normalized spacial score (nSPS) is 26.6. The van der Waals surface area contributed by atoms with Gasteiger partial charge in [0.2, 0.25) is 0 Å². The Labute approximate surface area is 162 Å². The lowest BCUT2D eigenvalue weighted by molar-refractivity contribution is -0.187. The van der Waals surface area contributed by atoms with E-state index in [9.17, 15) is 14.7 Å². The Morgan fingerprint density at radius 1 is 1.00 bits per heavy atom. The number of ether oxygens (including phenoxy) is 4. The quantitative estimate of drug-likeness (QED) is 0.761. The number of hydrogen-bond acceptors (Lipinski definition) is 7. The molecule has 1 aliphatic heterocycles. The highest BCUT2D eigenvalue weighted by molar-refractivity contribution is 5.90. The molecule has 148 valence electrons. The van der Waals surface area contributed by atoms with Gasteiger partial charge in [0.25, 0.3) is 0 Å². The number of esters is 2. The van der Waals surface area contributed by atoms with Crippen molar-refractivity contribution in [1.82, 2.24) is 0 Å². The molecule has 1 heterocycles. The van der Waals surface area contributed by atoms with Crippen LogP contribution in [-0.2, 0) is 18.9 Å². The summed E-state index contributed by atoms with van der Waals surface area (Å²) in [6.07, 6.45) is -3.02. The highest BCUT2D eigenvalue weighted by Gasteiger charge is 2.56. The fraction of sp³-hybridized carbons (Fsp3) is 0.333. The van der Waals surface area contributed by atoms with Crippen LogP contribution in [0.15, 0.2) is 60.7 Å². The van der Waals surface area contributed by atoms with Crippen LogP contribution in [0, 0.1) is 0 Å². The predicted molar refractivity (Wildman–Crippen MR) is 98.7 cm³/mol. The Bertz CT molecular complexity index is 804. The second-order valence-electron chi connectivity index (χ2n) is 6.62. The minimum atomic E-state index is -1.62. The topological polar surface area (TPSA) is 91.3 Å². The van der Waals surface area contributed by atoms with Crippen molar-refractivity contribution < 1.29 is 33.6 Å². The molecule has 2 aromatic carbocycles.